The molecule has 168 valence electrons. The molecule has 2 rings (SSSR count). The summed E-state index contributed by atoms with van der Waals surface area (Å²) in [6.45, 7) is 1.76. The van der Waals surface area contributed by atoms with E-state index in [4.69, 9.17) is 9.84 Å². The van der Waals surface area contributed by atoms with Crippen LogP contribution in [-0.2, 0) is 16.0 Å². The number of aliphatic carboxylic acids is 1. The maximum absolute atomic E-state index is 14.0. The Morgan fingerprint density at radius 2 is 2.13 bits per heavy atom. The first-order valence-electron chi connectivity index (χ1n) is 10.5. The predicted octanol–water partition coefficient (Wildman–Crippen LogP) is 4.26. The second-order valence-corrected chi connectivity index (χ2v) is 8.92. The minimum absolute atomic E-state index is 0.0955. The first-order chi connectivity index (χ1) is 14.3. The third-order valence-electron chi connectivity index (χ3n) is 5.73. The number of allylic oxidation sites excluding steroid dienone is 2. The lowest BCUT2D eigenvalue weighted by atomic mass is 9.89. The van der Waals surface area contributed by atoms with Gasteiger partial charge in [-0.2, -0.15) is 0 Å². The summed E-state index contributed by atoms with van der Waals surface area (Å²) >= 11 is 1.42. The second-order valence-electron chi connectivity index (χ2n) is 7.96. The number of aliphatic hydroxyl groups is 2. The van der Waals surface area contributed by atoms with Gasteiger partial charge in [0.1, 0.15) is 5.82 Å². The molecule has 0 aliphatic heterocycles. The number of thiophene rings is 1. The molecular weight excluding hydrogens is 407 g/mol. The molecule has 1 aliphatic rings. The summed E-state index contributed by atoms with van der Waals surface area (Å²) in [7, 11) is 1.61. The SMILES string of the molecule is COC(C=CC1C(O)CC(O)C1CC=CCCCC(=O)O)CCc1scc(C)c1F. The third-order valence-corrected chi connectivity index (χ3v) is 6.87. The normalized spacial score (nSPS) is 25.5. The number of rotatable bonds is 12. The van der Waals surface area contributed by atoms with Crippen molar-refractivity contribution in [1.29, 1.82) is 0 Å². The number of carboxylic acid groups (broad SMARTS) is 1. The summed E-state index contributed by atoms with van der Waals surface area (Å²) in [6.07, 6.45) is 9.96. The van der Waals surface area contributed by atoms with Gasteiger partial charge in [-0.25, -0.2) is 4.39 Å². The largest absolute Gasteiger partial charge is 0.481 e. The van der Waals surface area contributed by atoms with Crippen LogP contribution in [0.3, 0.4) is 0 Å². The Labute approximate surface area is 181 Å². The smallest absolute Gasteiger partial charge is 0.303 e. The first kappa shape index (κ1) is 24.7. The fraction of sp³-hybridized carbons (Fsp3) is 0.609. The molecule has 1 heterocycles. The number of aryl methyl sites for hydroxylation is 2. The van der Waals surface area contributed by atoms with Gasteiger partial charge in [-0.05, 0) is 55.9 Å². The first-order valence-corrected chi connectivity index (χ1v) is 11.4. The van der Waals surface area contributed by atoms with Crippen LogP contribution >= 0.6 is 11.3 Å². The maximum Gasteiger partial charge on any atom is 0.303 e. The molecule has 1 aliphatic carbocycles. The zero-order valence-electron chi connectivity index (χ0n) is 17.7. The molecule has 30 heavy (non-hydrogen) atoms. The van der Waals surface area contributed by atoms with E-state index in [0.717, 1.165) is 4.88 Å². The fourth-order valence-corrected chi connectivity index (χ4v) is 4.84. The summed E-state index contributed by atoms with van der Waals surface area (Å²) in [5, 5.41) is 31.2. The number of carbonyl (C=O) groups is 1. The van der Waals surface area contributed by atoms with Gasteiger partial charge in [0, 0.05) is 30.7 Å². The highest BCUT2D eigenvalue weighted by molar-refractivity contribution is 7.10. The van der Waals surface area contributed by atoms with Crippen molar-refractivity contribution in [3.63, 3.8) is 0 Å². The van der Waals surface area contributed by atoms with E-state index >= 15 is 0 Å². The predicted molar refractivity (Wildman–Crippen MR) is 116 cm³/mol. The minimum atomic E-state index is -0.799. The highest BCUT2D eigenvalue weighted by Crippen LogP contribution is 2.36. The lowest BCUT2D eigenvalue weighted by Gasteiger charge is -2.20. The lowest BCUT2D eigenvalue weighted by molar-refractivity contribution is -0.137. The summed E-state index contributed by atoms with van der Waals surface area (Å²) < 4.78 is 19.5. The van der Waals surface area contributed by atoms with Gasteiger partial charge in [0.05, 0.1) is 18.3 Å². The topological polar surface area (TPSA) is 87.0 Å². The Hall–Kier alpha value is -1.54. The molecule has 1 saturated carbocycles. The number of unbranched alkanes of at least 4 members (excludes halogenated alkanes) is 1. The van der Waals surface area contributed by atoms with E-state index in [1.165, 1.54) is 11.3 Å². The van der Waals surface area contributed by atoms with Crippen molar-refractivity contribution in [1.82, 2.24) is 0 Å². The van der Waals surface area contributed by atoms with Gasteiger partial charge in [0.15, 0.2) is 0 Å². The number of halogens is 1. The van der Waals surface area contributed by atoms with Gasteiger partial charge in [-0.1, -0.05) is 24.3 Å². The van der Waals surface area contributed by atoms with Gasteiger partial charge in [-0.15, -0.1) is 11.3 Å². The van der Waals surface area contributed by atoms with Crippen molar-refractivity contribution in [3.05, 3.63) is 45.9 Å². The Kier molecular flexibility index (Phi) is 10.2. The summed E-state index contributed by atoms with van der Waals surface area (Å²) in [5.74, 6) is -1.21. The van der Waals surface area contributed by atoms with Crippen molar-refractivity contribution in [2.24, 2.45) is 11.8 Å². The van der Waals surface area contributed by atoms with Crippen molar-refractivity contribution in [2.45, 2.75) is 70.2 Å². The molecule has 5 unspecified atom stereocenters. The monoisotopic (exact) mass is 440 g/mol. The molecule has 0 spiro atoms. The molecule has 1 aromatic heterocycles. The summed E-state index contributed by atoms with van der Waals surface area (Å²) in [5.41, 5.74) is 0.668. The van der Waals surface area contributed by atoms with Crippen LogP contribution in [0.15, 0.2) is 29.7 Å². The molecule has 0 saturated heterocycles. The van der Waals surface area contributed by atoms with Crippen LogP contribution in [0.1, 0.15) is 49.0 Å². The van der Waals surface area contributed by atoms with Crippen LogP contribution in [0.2, 0.25) is 0 Å². The van der Waals surface area contributed by atoms with E-state index in [2.05, 4.69) is 0 Å². The van der Waals surface area contributed by atoms with E-state index < -0.39 is 18.2 Å². The molecule has 1 aromatic rings. The van der Waals surface area contributed by atoms with E-state index in [-0.39, 0.29) is 30.2 Å². The van der Waals surface area contributed by atoms with E-state index in [1.807, 2.05) is 29.7 Å². The number of carboxylic acids is 1. The van der Waals surface area contributed by atoms with Crippen LogP contribution in [0.4, 0.5) is 4.39 Å². The number of aliphatic hydroxyl groups excluding tert-OH is 2. The molecule has 5 atom stereocenters. The van der Waals surface area contributed by atoms with Crippen LogP contribution in [-0.4, -0.2) is 46.7 Å². The van der Waals surface area contributed by atoms with Gasteiger partial charge in [0.25, 0.3) is 0 Å². The number of ether oxygens (including phenoxy) is 1. The van der Waals surface area contributed by atoms with E-state index in [9.17, 15) is 19.4 Å². The number of hydrogen-bond acceptors (Lipinski definition) is 5. The van der Waals surface area contributed by atoms with Gasteiger partial charge >= 0.3 is 5.97 Å². The fourth-order valence-electron chi connectivity index (χ4n) is 3.92. The summed E-state index contributed by atoms with van der Waals surface area (Å²) in [6, 6.07) is 0. The van der Waals surface area contributed by atoms with Crippen LogP contribution in [0, 0.1) is 24.6 Å². The highest BCUT2D eigenvalue weighted by Gasteiger charge is 2.39. The minimum Gasteiger partial charge on any atom is -0.481 e. The third kappa shape index (κ3) is 7.30. The van der Waals surface area contributed by atoms with Crippen molar-refractivity contribution in [3.8, 4) is 0 Å². The van der Waals surface area contributed by atoms with Crippen molar-refractivity contribution >= 4 is 17.3 Å². The molecule has 1 fully saturated rings. The second kappa shape index (κ2) is 12.3. The zero-order valence-corrected chi connectivity index (χ0v) is 18.5. The van der Waals surface area contributed by atoms with Gasteiger partial charge in [0.2, 0.25) is 0 Å². The molecule has 5 nitrogen and oxygen atoms in total. The molecule has 3 N–H and O–H groups in total. The van der Waals surface area contributed by atoms with E-state index in [0.29, 0.717) is 44.1 Å². The molecule has 0 amide bonds. The number of methoxy groups -OCH3 is 1. The Bertz CT molecular complexity index is 729. The lowest BCUT2D eigenvalue weighted by Crippen LogP contribution is -2.20. The van der Waals surface area contributed by atoms with Gasteiger partial charge < -0.3 is 20.1 Å². The highest BCUT2D eigenvalue weighted by atomic mass is 32.1. The van der Waals surface area contributed by atoms with Crippen molar-refractivity contribution < 1.29 is 29.2 Å². The number of hydrogen-bond donors (Lipinski definition) is 3. The quantitative estimate of drug-likeness (QED) is 0.334. The Morgan fingerprint density at radius 1 is 1.37 bits per heavy atom. The average Bonchev–Trinajstić information content (AvgIpc) is 3.16. The maximum atomic E-state index is 14.0. The average molecular weight is 441 g/mol. The molecule has 0 bridgehead atoms. The van der Waals surface area contributed by atoms with Crippen LogP contribution < -0.4 is 0 Å². The molecular formula is C23H33FO5S. The van der Waals surface area contributed by atoms with Gasteiger partial charge in [-0.3, -0.25) is 4.79 Å². The molecule has 0 aromatic carbocycles. The van der Waals surface area contributed by atoms with E-state index in [1.54, 1.807) is 14.0 Å². The standard InChI is InChI=1S/C23H33FO5S/c1-15-14-30-21(23(15)24)12-10-16(29-2)9-11-18-17(19(25)13-20(18)26)7-5-3-4-6-8-22(27)28/h3,5,9,11,14,16-20,25-26H,4,6-8,10,12-13H2,1-2H3,(H,27,28). The van der Waals surface area contributed by atoms with Crippen molar-refractivity contribution in [2.75, 3.05) is 7.11 Å². The molecule has 0 radical (unpaired) electrons. The van der Waals surface area contributed by atoms with Crippen LogP contribution in [0.5, 0.6) is 0 Å². The zero-order chi connectivity index (χ0) is 22.1. The Balaban J connectivity index is 1.89. The Morgan fingerprint density at radius 3 is 2.77 bits per heavy atom. The van der Waals surface area contributed by atoms with Crippen LogP contribution in [0.25, 0.3) is 0 Å². The molecule has 7 heteroatoms. The summed E-state index contributed by atoms with van der Waals surface area (Å²) in [4.78, 5) is 11.3.